The van der Waals surface area contributed by atoms with E-state index in [-0.39, 0.29) is 26.2 Å². The lowest BCUT2D eigenvalue weighted by molar-refractivity contribution is -0.145. The molecule has 0 aliphatic carbocycles. The van der Waals surface area contributed by atoms with Crippen molar-refractivity contribution in [2.45, 2.75) is 0 Å². The third kappa shape index (κ3) is 9.83. The lowest BCUT2D eigenvalue weighted by Gasteiger charge is -2.19. The van der Waals surface area contributed by atoms with Gasteiger partial charge >= 0.3 is 11.9 Å². The summed E-state index contributed by atoms with van der Waals surface area (Å²) >= 11 is 0. The number of carbonyl (C=O) groups is 2. The molecule has 0 unspecified atom stereocenters. The molecule has 0 aromatic carbocycles. The molecule has 0 heterocycles. The number of esters is 2. The van der Waals surface area contributed by atoms with Crippen LogP contribution >= 0.6 is 0 Å². The summed E-state index contributed by atoms with van der Waals surface area (Å²) in [5, 5.41) is 3.31. The molecule has 0 aromatic heterocycles. The molecule has 0 N–H and O–H groups in total. The average Bonchev–Trinajstić information content (AvgIpc) is 2.41. The zero-order valence-corrected chi connectivity index (χ0v) is 11.1. The maximum atomic E-state index is 11.2. The van der Waals surface area contributed by atoms with E-state index >= 15 is 0 Å². The van der Waals surface area contributed by atoms with Gasteiger partial charge in [-0.3, -0.25) is 14.5 Å². The first-order chi connectivity index (χ1) is 9.13. The Morgan fingerprint density at radius 3 is 2.21 bits per heavy atom. The molecule has 0 saturated heterocycles. The van der Waals surface area contributed by atoms with E-state index in [1.54, 1.807) is 4.90 Å². The summed E-state index contributed by atoms with van der Waals surface area (Å²) in [7, 11) is 2.55. The van der Waals surface area contributed by atoms with E-state index < -0.39 is 11.9 Å². The minimum Gasteiger partial charge on any atom is -0.468 e. The van der Waals surface area contributed by atoms with Crippen LogP contribution in [-0.2, 0) is 23.8 Å². The molecule has 0 aromatic rings. The van der Waals surface area contributed by atoms with Crippen LogP contribution in [0.25, 0.3) is 10.4 Å². The molecule has 0 saturated carbocycles. The number of azide groups is 1. The smallest absolute Gasteiger partial charge is 0.319 e. The molecule has 19 heavy (non-hydrogen) atoms. The fourth-order valence-electron chi connectivity index (χ4n) is 1.15. The Morgan fingerprint density at radius 1 is 1.16 bits per heavy atom. The second-order valence-electron chi connectivity index (χ2n) is 3.43. The van der Waals surface area contributed by atoms with Gasteiger partial charge < -0.3 is 14.2 Å². The van der Waals surface area contributed by atoms with Crippen molar-refractivity contribution in [3.63, 3.8) is 0 Å². The summed E-state index contributed by atoms with van der Waals surface area (Å²) < 4.78 is 14.2. The number of ether oxygens (including phenoxy) is 3. The second kappa shape index (κ2) is 11.3. The van der Waals surface area contributed by atoms with Crippen molar-refractivity contribution in [2.24, 2.45) is 5.11 Å². The number of hydrogen-bond acceptors (Lipinski definition) is 7. The Hall–Kier alpha value is -1.83. The number of nitrogens with zero attached hydrogens (tertiary/aromatic N) is 4. The number of hydrogen-bond donors (Lipinski definition) is 0. The van der Waals surface area contributed by atoms with Crippen LogP contribution in [0.15, 0.2) is 5.11 Å². The van der Waals surface area contributed by atoms with Gasteiger partial charge in [0, 0.05) is 18.0 Å². The zero-order chi connectivity index (χ0) is 14.5. The molecule has 0 amide bonds. The van der Waals surface area contributed by atoms with E-state index in [0.29, 0.717) is 13.2 Å². The number of methoxy groups -OCH3 is 2. The van der Waals surface area contributed by atoms with Crippen LogP contribution in [0.5, 0.6) is 0 Å². The van der Waals surface area contributed by atoms with Crippen LogP contribution < -0.4 is 0 Å². The molecule has 0 spiro atoms. The molecule has 0 aliphatic rings. The Balaban J connectivity index is 4.00. The molecule has 0 fully saturated rings. The van der Waals surface area contributed by atoms with Crippen molar-refractivity contribution in [2.75, 3.05) is 53.6 Å². The normalized spacial score (nSPS) is 9.84. The van der Waals surface area contributed by atoms with Crippen LogP contribution in [-0.4, -0.2) is 70.5 Å². The molecule has 9 heteroatoms. The van der Waals surface area contributed by atoms with Gasteiger partial charge in [-0.1, -0.05) is 5.11 Å². The van der Waals surface area contributed by atoms with Crippen molar-refractivity contribution < 1.29 is 23.8 Å². The van der Waals surface area contributed by atoms with Crippen LogP contribution in [0, 0.1) is 0 Å². The maximum Gasteiger partial charge on any atom is 0.319 e. The number of carbonyl (C=O) groups excluding carboxylic acids is 2. The van der Waals surface area contributed by atoms with Gasteiger partial charge in [-0.2, -0.15) is 0 Å². The predicted octanol–water partition coefficient (Wildman–Crippen LogP) is -0.0387. The lowest BCUT2D eigenvalue weighted by Crippen LogP contribution is -2.37. The van der Waals surface area contributed by atoms with Gasteiger partial charge in [-0.15, -0.1) is 0 Å². The average molecular weight is 274 g/mol. The van der Waals surface area contributed by atoms with Gasteiger partial charge in [0.2, 0.25) is 0 Å². The predicted molar refractivity (Wildman–Crippen MR) is 65.3 cm³/mol. The van der Waals surface area contributed by atoms with Gasteiger partial charge in [0.1, 0.15) is 0 Å². The summed E-state index contributed by atoms with van der Waals surface area (Å²) in [6.45, 7) is 1.14. The third-order valence-corrected chi connectivity index (χ3v) is 2.11. The van der Waals surface area contributed by atoms with E-state index in [1.807, 2.05) is 0 Å². The highest BCUT2D eigenvalue weighted by Crippen LogP contribution is 1.92. The van der Waals surface area contributed by atoms with E-state index in [2.05, 4.69) is 19.5 Å². The standard InChI is InChI=1S/C10H18N4O5/c1-17-9(15)7-14(8-10(16)18-2)4-6-19-5-3-12-13-11/h3-8H2,1-2H3. The molecular formula is C10H18N4O5. The van der Waals surface area contributed by atoms with E-state index in [0.717, 1.165) is 0 Å². The van der Waals surface area contributed by atoms with Crippen molar-refractivity contribution in [3.8, 4) is 0 Å². The van der Waals surface area contributed by atoms with E-state index in [9.17, 15) is 9.59 Å². The quantitative estimate of drug-likeness (QED) is 0.181. The zero-order valence-electron chi connectivity index (χ0n) is 11.1. The second-order valence-corrected chi connectivity index (χ2v) is 3.43. The van der Waals surface area contributed by atoms with E-state index in [4.69, 9.17) is 10.3 Å². The number of rotatable bonds is 10. The molecule has 0 rings (SSSR count). The molecule has 9 nitrogen and oxygen atoms in total. The Labute approximate surface area is 111 Å². The molecule has 0 aliphatic heterocycles. The van der Waals surface area contributed by atoms with Gasteiger partial charge in [-0.05, 0) is 5.53 Å². The first-order valence-electron chi connectivity index (χ1n) is 5.58. The summed E-state index contributed by atoms with van der Waals surface area (Å²) in [4.78, 5) is 26.4. The minimum atomic E-state index is -0.446. The third-order valence-electron chi connectivity index (χ3n) is 2.11. The van der Waals surface area contributed by atoms with Crippen molar-refractivity contribution in [1.29, 1.82) is 0 Å². The Kier molecular flexibility index (Phi) is 10.2. The van der Waals surface area contributed by atoms with Crippen LogP contribution in [0.2, 0.25) is 0 Å². The van der Waals surface area contributed by atoms with Crippen molar-refractivity contribution in [3.05, 3.63) is 10.4 Å². The first kappa shape index (κ1) is 17.2. The fourth-order valence-corrected chi connectivity index (χ4v) is 1.15. The van der Waals surface area contributed by atoms with Crippen molar-refractivity contribution in [1.82, 2.24) is 4.90 Å². The summed E-state index contributed by atoms with van der Waals surface area (Å²) in [6, 6.07) is 0. The molecule has 0 bridgehead atoms. The van der Waals surface area contributed by atoms with Crippen LogP contribution in [0.4, 0.5) is 0 Å². The van der Waals surface area contributed by atoms with Gasteiger partial charge in [0.15, 0.2) is 0 Å². The molecule has 108 valence electrons. The van der Waals surface area contributed by atoms with Crippen molar-refractivity contribution >= 4 is 11.9 Å². The largest absolute Gasteiger partial charge is 0.468 e. The topological polar surface area (TPSA) is 114 Å². The minimum absolute atomic E-state index is 0.0225. The van der Waals surface area contributed by atoms with Gasteiger partial charge in [0.05, 0.1) is 40.5 Å². The van der Waals surface area contributed by atoms with Crippen LogP contribution in [0.1, 0.15) is 0 Å². The molecular weight excluding hydrogens is 256 g/mol. The molecule has 0 radical (unpaired) electrons. The highest BCUT2D eigenvalue weighted by atomic mass is 16.5. The SMILES string of the molecule is COC(=O)CN(CCOCCN=[N+]=[N-])CC(=O)OC. The summed E-state index contributed by atoms with van der Waals surface area (Å²) in [5.41, 5.74) is 8.06. The highest BCUT2D eigenvalue weighted by molar-refractivity contribution is 5.74. The fraction of sp³-hybridized carbons (Fsp3) is 0.800. The van der Waals surface area contributed by atoms with Gasteiger partial charge in [-0.25, -0.2) is 0 Å². The maximum absolute atomic E-state index is 11.2. The lowest BCUT2D eigenvalue weighted by atomic mass is 10.4. The highest BCUT2D eigenvalue weighted by Gasteiger charge is 2.14. The Bertz CT molecular complexity index is 312. The van der Waals surface area contributed by atoms with Crippen LogP contribution in [0.3, 0.4) is 0 Å². The summed E-state index contributed by atoms with van der Waals surface area (Å²) in [6.07, 6.45) is 0. The molecule has 0 atom stereocenters. The monoisotopic (exact) mass is 274 g/mol. The van der Waals surface area contributed by atoms with Gasteiger partial charge in [0.25, 0.3) is 0 Å². The van der Waals surface area contributed by atoms with E-state index in [1.165, 1.54) is 14.2 Å². The Morgan fingerprint density at radius 2 is 1.74 bits per heavy atom. The summed E-state index contributed by atoms with van der Waals surface area (Å²) in [5.74, 6) is -0.893. The first-order valence-corrected chi connectivity index (χ1v) is 5.58.